The van der Waals surface area contributed by atoms with Crippen molar-refractivity contribution in [2.75, 3.05) is 39.3 Å². The Morgan fingerprint density at radius 1 is 0.551 bits per heavy atom. The van der Waals surface area contributed by atoms with Crippen LogP contribution in [0.15, 0.2) is 97.1 Å². The van der Waals surface area contributed by atoms with E-state index in [0.717, 1.165) is 71.4 Å². The molecular formula is C54H69N3O12. The Balaban J connectivity index is 0.000000341. The third-order valence-corrected chi connectivity index (χ3v) is 11.4. The van der Waals surface area contributed by atoms with E-state index in [4.69, 9.17) is 43.3 Å². The molecule has 15 heteroatoms. The van der Waals surface area contributed by atoms with Gasteiger partial charge >= 0.3 is 30.6 Å². The summed E-state index contributed by atoms with van der Waals surface area (Å²) in [6.45, 7) is 18.8. The molecule has 3 saturated heterocycles. The summed E-state index contributed by atoms with van der Waals surface area (Å²) in [7, 11) is 0. The first kappa shape index (κ1) is 58.2. The van der Waals surface area contributed by atoms with Crippen molar-refractivity contribution in [1.29, 1.82) is 0 Å². The van der Waals surface area contributed by atoms with Crippen LogP contribution in [0, 0.1) is 6.92 Å². The van der Waals surface area contributed by atoms with Gasteiger partial charge in [0.1, 0.15) is 22.7 Å². The highest BCUT2D eigenvalue weighted by molar-refractivity contribution is 5.68. The van der Waals surface area contributed by atoms with Gasteiger partial charge in [0, 0.05) is 26.2 Å². The first-order valence-corrected chi connectivity index (χ1v) is 23.1. The molecule has 69 heavy (non-hydrogen) atoms. The number of amides is 2. The van der Waals surface area contributed by atoms with Crippen LogP contribution < -0.4 is 5.32 Å². The number of nitrogens with one attached hydrogen (secondary N) is 1. The van der Waals surface area contributed by atoms with Gasteiger partial charge in [-0.15, -0.1) is 0 Å². The molecule has 0 aromatic heterocycles. The topological polar surface area (TPSA) is 214 Å². The third kappa shape index (κ3) is 23.1. The quantitative estimate of drug-likeness (QED) is 0.170. The fourth-order valence-corrected chi connectivity index (χ4v) is 8.04. The van der Waals surface area contributed by atoms with Crippen LogP contribution in [0.2, 0.25) is 0 Å². The van der Waals surface area contributed by atoms with Gasteiger partial charge < -0.3 is 34.8 Å². The molecule has 7 rings (SSSR count). The second-order valence-corrected chi connectivity index (χ2v) is 18.8. The minimum absolute atomic E-state index is 0.186. The smallest absolute Gasteiger partial charge is 0.410 e. The Labute approximate surface area is 406 Å². The number of carbonyl (C=O) groups is 2. The molecule has 0 saturated carbocycles. The molecule has 0 unspecified atom stereocenters. The predicted molar refractivity (Wildman–Crippen MR) is 256 cm³/mol. The Kier molecular flexibility index (Phi) is 25.7. The maximum atomic E-state index is 12.3. The fraction of sp³-hybridized carbons (Fsp3) is 0.463. The van der Waals surface area contributed by atoms with Gasteiger partial charge in [0.25, 0.3) is 0 Å². The van der Waals surface area contributed by atoms with Crippen molar-refractivity contribution in [1.82, 2.24) is 15.1 Å². The zero-order valence-corrected chi connectivity index (χ0v) is 41.0. The molecule has 4 aromatic rings. The van der Waals surface area contributed by atoms with Crippen LogP contribution in [0.4, 0.5) is 9.59 Å². The normalized spacial score (nSPS) is 14.9. The predicted octanol–water partition coefficient (Wildman–Crippen LogP) is 9.32. The van der Waals surface area contributed by atoms with Crippen LogP contribution >= 0.6 is 0 Å². The summed E-state index contributed by atoms with van der Waals surface area (Å²) in [5.41, 5.74) is 7.20. The summed E-state index contributed by atoms with van der Waals surface area (Å²) in [6, 6.07) is 32.5. The van der Waals surface area contributed by atoms with E-state index in [1.54, 1.807) is 29.2 Å². The summed E-state index contributed by atoms with van der Waals surface area (Å²) < 4.78 is 10.9. The van der Waals surface area contributed by atoms with Crippen LogP contribution in [-0.2, 0) is 44.7 Å². The fourth-order valence-electron chi connectivity index (χ4n) is 8.04. The van der Waals surface area contributed by atoms with Crippen LogP contribution in [0.25, 0.3) is 0 Å². The van der Waals surface area contributed by atoms with E-state index < -0.39 is 11.2 Å². The van der Waals surface area contributed by atoms with Crippen LogP contribution in [-0.4, -0.2) is 101 Å². The maximum Gasteiger partial charge on any atom is 0.410 e. The second-order valence-electron chi connectivity index (χ2n) is 18.8. The van der Waals surface area contributed by atoms with Crippen molar-refractivity contribution < 1.29 is 58.0 Å². The number of phenols is 2. The van der Waals surface area contributed by atoms with Gasteiger partial charge in [-0.1, -0.05) is 72.8 Å². The number of benzene rings is 4. The molecule has 0 atom stereocenters. The molecular weight excluding hydrogens is 883 g/mol. The SMILES string of the molecule is CC(C)(C)OC(=O)N1CCC(c2ccc(O)cc2)CC1.Cc1ccc(C2CCN(C(=O)OC(C)(C)C)CC2)cc1Cc1ccccc1.O=C=O.O=C=O.O=C=O.Oc1ccc(C2CCNCC2)cc1. The highest BCUT2D eigenvalue weighted by Crippen LogP contribution is 2.32. The minimum atomic E-state index is -0.440. The van der Waals surface area contributed by atoms with Crippen molar-refractivity contribution in [3.05, 3.63) is 130 Å². The van der Waals surface area contributed by atoms with E-state index in [2.05, 4.69) is 60.8 Å². The van der Waals surface area contributed by atoms with E-state index in [1.165, 1.54) is 46.2 Å². The maximum absolute atomic E-state index is 12.3. The van der Waals surface area contributed by atoms with Crippen LogP contribution in [0.1, 0.15) is 131 Å². The molecule has 3 N–H and O–H groups in total. The molecule has 0 radical (unpaired) electrons. The number of piperidine rings is 3. The van der Waals surface area contributed by atoms with Crippen LogP contribution in [0.3, 0.4) is 0 Å². The van der Waals surface area contributed by atoms with Crippen LogP contribution in [0.5, 0.6) is 11.5 Å². The zero-order chi connectivity index (χ0) is 51.4. The molecule has 372 valence electrons. The Bertz CT molecular complexity index is 2190. The minimum Gasteiger partial charge on any atom is -0.508 e. The number of carbonyl (C=O) groups excluding carboxylic acids is 8. The summed E-state index contributed by atoms with van der Waals surface area (Å²) in [4.78, 5) is 76.6. The first-order valence-electron chi connectivity index (χ1n) is 23.1. The molecule has 0 bridgehead atoms. The van der Waals surface area contributed by atoms with Crippen molar-refractivity contribution in [2.45, 2.75) is 122 Å². The number of nitrogens with zero attached hydrogens (tertiary/aromatic N) is 2. The Morgan fingerprint density at radius 3 is 1.28 bits per heavy atom. The Hall–Kier alpha value is -6.88. The first-order chi connectivity index (χ1) is 32.8. The zero-order valence-electron chi connectivity index (χ0n) is 41.0. The summed E-state index contributed by atoms with van der Waals surface area (Å²) in [6.07, 6.45) is 7.59. The van der Waals surface area contributed by atoms with E-state index in [-0.39, 0.29) is 30.6 Å². The van der Waals surface area contributed by atoms with E-state index >= 15 is 0 Å². The molecule has 0 aliphatic carbocycles. The molecule has 4 aromatic carbocycles. The molecule has 0 spiro atoms. The number of rotatable bonds is 5. The monoisotopic (exact) mass is 951 g/mol. The van der Waals surface area contributed by atoms with E-state index in [1.807, 2.05) is 70.7 Å². The molecule has 3 fully saturated rings. The van der Waals surface area contributed by atoms with Gasteiger partial charge in [-0.2, -0.15) is 28.8 Å². The number of hydrogen-bond donors (Lipinski definition) is 3. The van der Waals surface area contributed by atoms with Gasteiger partial charge in [0.2, 0.25) is 0 Å². The standard InChI is InChI=1S/C24H31NO2.C16H23NO3.C11H15NO.3CO2/c1-18-10-11-21(17-22(18)16-19-8-6-5-7-9-19)20-12-14-25(15-13-20)23(26)27-24(2,3)4;1-16(2,3)20-15(19)17-10-8-13(9-11-17)12-4-6-14(18)7-5-12;13-11-3-1-9(2-4-11)10-5-7-12-8-6-10;3*2-1-3/h5-11,17,20H,12-16H2,1-4H3;4-7,13,18H,8-11H2,1-3H3;1-4,10,12-13H,5-8H2;;;. The number of ether oxygens (including phenoxy) is 2. The highest BCUT2D eigenvalue weighted by atomic mass is 16.6. The highest BCUT2D eigenvalue weighted by Gasteiger charge is 2.29. The number of aryl methyl sites for hydroxylation is 1. The number of likely N-dealkylation sites (tertiary alicyclic amines) is 2. The summed E-state index contributed by atoms with van der Waals surface area (Å²) in [5.74, 6) is 2.30. The van der Waals surface area contributed by atoms with Gasteiger partial charge in [0.05, 0.1) is 0 Å². The summed E-state index contributed by atoms with van der Waals surface area (Å²) in [5, 5.41) is 21.8. The van der Waals surface area contributed by atoms with Crippen molar-refractivity contribution in [3.8, 4) is 11.5 Å². The number of aromatic hydroxyl groups is 2. The van der Waals surface area contributed by atoms with E-state index in [0.29, 0.717) is 29.3 Å². The molecule has 2 amide bonds. The Morgan fingerprint density at radius 2 is 0.899 bits per heavy atom. The van der Waals surface area contributed by atoms with Gasteiger partial charge in [-0.3, -0.25) is 0 Å². The molecule has 15 nitrogen and oxygen atoms in total. The average Bonchev–Trinajstić information content (AvgIpc) is 3.31. The van der Waals surface area contributed by atoms with Crippen molar-refractivity contribution >= 4 is 30.6 Å². The molecule has 3 heterocycles. The number of hydrogen-bond acceptors (Lipinski definition) is 13. The largest absolute Gasteiger partial charge is 0.508 e. The number of phenolic OH excluding ortho intramolecular Hbond substituents is 2. The third-order valence-electron chi connectivity index (χ3n) is 11.4. The average molecular weight is 952 g/mol. The lowest BCUT2D eigenvalue weighted by molar-refractivity contribution is -0.193. The lowest BCUT2D eigenvalue weighted by Gasteiger charge is -2.33. The summed E-state index contributed by atoms with van der Waals surface area (Å²) >= 11 is 0. The second kappa shape index (κ2) is 30.5. The van der Waals surface area contributed by atoms with Crippen molar-refractivity contribution in [3.63, 3.8) is 0 Å². The van der Waals surface area contributed by atoms with Gasteiger partial charge in [0.15, 0.2) is 0 Å². The molecule has 3 aliphatic heterocycles. The van der Waals surface area contributed by atoms with Crippen molar-refractivity contribution in [2.24, 2.45) is 0 Å². The van der Waals surface area contributed by atoms with Gasteiger partial charge in [-0.05, 0) is 182 Å². The lowest BCUT2D eigenvalue weighted by Crippen LogP contribution is -2.41. The van der Waals surface area contributed by atoms with E-state index in [9.17, 15) is 14.7 Å². The molecule has 3 aliphatic rings. The lowest BCUT2D eigenvalue weighted by atomic mass is 9.87. The van der Waals surface area contributed by atoms with Gasteiger partial charge in [-0.25, -0.2) is 9.59 Å².